The fourth-order valence-corrected chi connectivity index (χ4v) is 1.03. The first-order valence-corrected chi connectivity index (χ1v) is 4.32. The molecule has 0 radical (unpaired) electrons. The second-order valence-corrected chi connectivity index (χ2v) is 2.81. The van der Waals surface area contributed by atoms with Crippen molar-refractivity contribution >= 4 is 23.2 Å². The van der Waals surface area contributed by atoms with E-state index in [-0.39, 0.29) is 11.4 Å². The number of nitro benzene ring substituents is 1. The van der Waals surface area contributed by atoms with Crippen molar-refractivity contribution in [2.45, 2.75) is 0 Å². The summed E-state index contributed by atoms with van der Waals surface area (Å²) in [6.07, 6.45) is 0. The molecule has 0 aliphatic carbocycles. The number of para-hydroxylation sites is 2. The number of likely N-dealkylation sites (N-methyl/N-ethyl adjacent to an activating group) is 1. The van der Waals surface area contributed by atoms with Crippen LogP contribution in [0, 0.1) is 10.1 Å². The molecule has 2 N–H and O–H groups in total. The maximum absolute atomic E-state index is 11.2. The SMILES string of the molecule is CNC(=O)C(=O)Nc1ccccc1[N+](=O)[O-]. The Morgan fingerprint density at radius 1 is 1.25 bits per heavy atom. The molecule has 7 heteroatoms. The quantitative estimate of drug-likeness (QED) is 0.427. The molecule has 0 spiro atoms. The van der Waals surface area contributed by atoms with Crippen LogP contribution >= 0.6 is 0 Å². The number of nitro groups is 1. The van der Waals surface area contributed by atoms with E-state index < -0.39 is 16.7 Å². The molecule has 0 fully saturated rings. The highest BCUT2D eigenvalue weighted by Gasteiger charge is 2.17. The third-order valence-corrected chi connectivity index (χ3v) is 1.78. The zero-order chi connectivity index (χ0) is 12.1. The van der Waals surface area contributed by atoms with E-state index in [9.17, 15) is 19.7 Å². The van der Waals surface area contributed by atoms with Gasteiger partial charge >= 0.3 is 11.8 Å². The van der Waals surface area contributed by atoms with E-state index in [0.717, 1.165) is 0 Å². The molecule has 0 aromatic heterocycles. The highest BCUT2D eigenvalue weighted by molar-refractivity contribution is 6.39. The number of carbonyl (C=O) groups excluding carboxylic acids is 2. The van der Waals surface area contributed by atoms with Crippen molar-refractivity contribution in [3.8, 4) is 0 Å². The number of nitrogens with zero attached hydrogens (tertiary/aromatic N) is 1. The van der Waals surface area contributed by atoms with Gasteiger partial charge in [0.05, 0.1) is 4.92 Å². The van der Waals surface area contributed by atoms with Crippen LogP contribution in [0.2, 0.25) is 0 Å². The lowest BCUT2D eigenvalue weighted by Gasteiger charge is -2.04. The number of carbonyl (C=O) groups is 2. The van der Waals surface area contributed by atoms with E-state index in [1.54, 1.807) is 0 Å². The number of nitrogens with one attached hydrogen (secondary N) is 2. The largest absolute Gasteiger partial charge is 0.351 e. The van der Waals surface area contributed by atoms with E-state index in [2.05, 4.69) is 10.6 Å². The van der Waals surface area contributed by atoms with Gasteiger partial charge in [-0.2, -0.15) is 0 Å². The lowest BCUT2D eigenvalue weighted by Crippen LogP contribution is -2.32. The van der Waals surface area contributed by atoms with Crippen LogP contribution in [-0.2, 0) is 9.59 Å². The predicted molar refractivity (Wildman–Crippen MR) is 55.8 cm³/mol. The van der Waals surface area contributed by atoms with Crippen LogP contribution in [0.4, 0.5) is 11.4 Å². The summed E-state index contributed by atoms with van der Waals surface area (Å²) in [7, 11) is 1.29. The van der Waals surface area contributed by atoms with Crippen molar-refractivity contribution in [2.75, 3.05) is 12.4 Å². The summed E-state index contributed by atoms with van der Waals surface area (Å²) in [5.41, 5.74) is -0.277. The summed E-state index contributed by atoms with van der Waals surface area (Å²) in [6, 6.07) is 5.57. The molecule has 0 saturated carbocycles. The summed E-state index contributed by atoms with van der Waals surface area (Å²) in [5.74, 6) is -1.81. The first kappa shape index (κ1) is 11.6. The van der Waals surface area contributed by atoms with Gasteiger partial charge in [-0.25, -0.2) is 0 Å². The molecule has 0 unspecified atom stereocenters. The molecule has 0 atom stereocenters. The molecular weight excluding hydrogens is 214 g/mol. The molecule has 0 heterocycles. The van der Waals surface area contributed by atoms with Crippen molar-refractivity contribution in [2.24, 2.45) is 0 Å². The minimum absolute atomic E-state index is 0.0129. The van der Waals surface area contributed by atoms with Gasteiger partial charge in [0.25, 0.3) is 5.69 Å². The van der Waals surface area contributed by atoms with Gasteiger partial charge in [0, 0.05) is 13.1 Å². The molecule has 16 heavy (non-hydrogen) atoms. The second-order valence-electron chi connectivity index (χ2n) is 2.81. The molecule has 0 aliphatic rings. The Hall–Kier alpha value is -2.44. The van der Waals surface area contributed by atoms with Gasteiger partial charge in [-0.15, -0.1) is 0 Å². The molecular formula is C9H9N3O4. The summed E-state index contributed by atoms with van der Waals surface area (Å²) < 4.78 is 0. The standard InChI is InChI=1S/C9H9N3O4/c1-10-8(13)9(14)11-6-4-2-3-5-7(6)12(15)16/h2-5H,1H3,(H,10,13)(H,11,14). The van der Waals surface area contributed by atoms with Gasteiger partial charge < -0.3 is 10.6 Å². The van der Waals surface area contributed by atoms with Gasteiger partial charge in [0.15, 0.2) is 0 Å². The number of rotatable bonds is 2. The van der Waals surface area contributed by atoms with Crippen LogP contribution in [0.3, 0.4) is 0 Å². The van der Waals surface area contributed by atoms with Crippen LogP contribution < -0.4 is 10.6 Å². The third-order valence-electron chi connectivity index (χ3n) is 1.78. The average Bonchev–Trinajstić information content (AvgIpc) is 2.28. The smallest absolute Gasteiger partial charge is 0.313 e. The molecule has 84 valence electrons. The molecule has 0 bridgehead atoms. The second kappa shape index (κ2) is 4.87. The van der Waals surface area contributed by atoms with E-state index in [1.165, 1.54) is 31.3 Å². The van der Waals surface area contributed by atoms with Gasteiger partial charge in [0.1, 0.15) is 5.69 Å². The predicted octanol–water partition coefficient (Wildman–Crippen LogP) is 0.279. The topological polar surface area (TPSA) is 101 Å². The zero-order valence-corrected chi connectivity index (χ0v) is 8.39. The molecule has 1 rings (SSSR count). The van der Waals surface area contributed by atoms with Crippen LogP contribution in [0.5, 0.6) is 0 Å². The number of hydrogen-bond donors (Lipinski definition) is 2. The maximum atomic E-state index is 11.2. The lowest BCUT2D eigenvalue weighted by atomic mass is 10.2. The number of anilines is 1. The monoisotopic (exact) mass is 223 g/mol. The summed E-state index contributed by atoms with van der Waals surface area (Å²) in [5, 5.41) is 14.9. The Kier molecular flexibility index (Phi) is 3.54. The molecule has 2 amide bonds. The van der Waals surface area contributed by atoms with Gasteiger partial charge in [0.2, 0.25) is 0 Å². The van der Waals surface area contributed by atoms with Crippen molar-refractivity contribution in [3.05, 3.63) is 34.4 Å². The van der Waals surface area contributed by atoms with Gasteiger partial charge in [-0.05, 0) is 6.07 Å². The fourth-order valence-electron chi connectivity index (χ4n) is 1.03. The van der Waals surface area contributed by atoms with Crippen molar-refractivity contribution < 1.29 is 14.5 Å². The van der Waals surface area contributed by atoms with Gasteiger partial charge in [-0.3, -0.25) is 19.7 Å². The van der Waals surface area contributed by atoms with Crippen LogP contribution in [0.15, 0.2) is 24.3 Å². The van der Waals surface area contributed by atoms with Crippen molar-refractivity contribution in [1.82, 2.24) is 5.32 Å². The Morgan fingerprint density at radius 2 is 1.88 bits per heavy atom. The molecule has 0 saturated heterocycles. The van der Waals surface area contributed by atoms with E-state index >= 15 is 0 Å². The molecule has 1 aromatic carbocycles. The maximum Gasteiger partial charge on any atom is 0.313 e. The average molecular weight is 223 g/mol. The zero-order valence-electron chi connectivity index (χ0n) is 8.39. The summed E-state index contributed by atoms with van der Waals surface area (Å²) >= 11 is 0. The highest BCUT2D eigenvalue weighted by Crippen LogP contribution is 2.22. The number of hydrogen-bond acceptors (Lipinski definition) is 4. The van der Waals surface area contributed by atoms with Crippen LogP contribution in [-0.4, -0.2) is 23.8 Å². The van der Waals surface area contributed by atoms with Crippen LogP contribution in [0.25, 0.3) is 0 Å². The number of benzene rings is 1. The Balaban J connectivity index is 2.93. The van der Waals surface area contributed by atoms with Crippen LogP contribution in [0.1, 0.15) is 0 Å². The molecule has 1 aromatic rings. The Bertz CT molecular complexity index is 444. The van der Waals surface area contributed by atoms with Crippen molar-refractivity contribution in [3.63, 3.8) is 0 Å². The van der Waals surface area contributed by atoms with E-state index in [4.69, 9.17) is 0 Å². The van der Waals surface area contributed by atoms with Crippen molar-refractivity contribution in [1.29, 1.82) is 0 Å². The van der Waals surface area contributed by atoms with Gasteiger partial charge in [-0.1, -0.05) is 12.1 Å². The third kappa shape index (κ3) is 2.53. The first-order valence-electron chi connectivity index (χ1n) is 4.32. The Labute approximate surface area is 90.6 Å². The minimum Gasteiger partial charge on any atom is -0.351 e. The lowest BCUT2D eigenvalue weighted by molar-refractivity contribution is -0.383. The summed E-state index contributed by atoms with van der Waals surface area (Å²) in [6.45, 7) is 0. The van der Waals surface area contributed by atoms with E-state index in [0.29, 0.717) is 0 Å². The Morgan fingerprint density at radius 3 is 2.44 bits per heavy atom. The first-order chi connectivity index (χ1) is 7.56. The molecule has 7 nitrogen and oxygen atoms in total. The highest BCUT2D eigenvalue weighted by atomic mass is 16.6. The normalized spacial score (nSPS) is 9.31. The number of amides is 2. The minimum atomic E-state index is -0.947. The summed E-state index contributed by atoms with van der Waals surface area (Å²) in [4.78, 5) is 32.0. The molecule has 0 aliphatic heterocycles. The van der Waals surface area contributed by atoms with E-state index in [1.807, 2.05) is 0 Å². The fraction of sp³-hybridized carbons (Fsp3) is 0.111.